The van der Waals surface area contributed by atoms with Gasteiger partial charge in [-0.15, -0.1) is 0 Å². The molecule has 0 N–H and O–H groups in total. The summed E-state index contributed by atoms with van der Waals surface area (Å²) in [6.07, 6.45) is -0.284. The van der Waals surface area contributed by atoms with Crippen LogP contribution in [-0.4, -0.2) is 11.0 Å². The Balaban J connectivity index is 2.46. The van der Waals surface area contributed by atoms with Gasteiger partial charge in [0.05, 0.1) is 12.4 Å². The first kappa shape index (κ1) is 8.74. The first-order valence-corrected chi connectivity index (χ1v) is 4.21. The van der Waals surface area contributed by atoms with Crippen LogP contribution in [0.1, 0.15) is 11.5 Å². The van der Waals surface area contributed by atoms with Crippen LogP contribution in [0.15, 0.2) is 22.6 Å². The highest BCUT2D eigenvalue weighted by Crippen LogP contribution is 2.16. The van der Waals surface area contributed by atoms with Crippen LogP contribution in [-0.2, 0) is 11.2 Å². The van der Waals surface area contributed by atoms with Gasteiger partial charge in [-0.25, -0.2) is 4.98 Å². The maximum atomic E-state index is 10.3. The van der Waals surface area contributed by atoms with Crippen LogP contribution in [0.2, 0.25) is 0 Å². The Morgan fingerprint density at radius 2 is 2.36 bits per heavy atom. The standard InChI is InChI=1S/C10H9NO3/c1-6-2-3-8-7(4-6)11-9(14-8)5-10(12)13/h2-4H,5H2,1H3,(H,12,13)/p-1. The Morgan fingerprint density at radius 1 is 1.57 bits per heavy atom. The topological polar surface area (TPSA) is 66.2 Å². The number of aromatic nitrogens is 1. The van der Waals surface area contributed by atoms with E-state index >= 15 is 0 Å². The number of carbonyl (C=O) groups excluding carboxylic acids is 1. The molecule has 1 heterocycles. The zero-order valence-electron chi connectivity index (χ0n) is 7.61. The summed E-state index contributed by atoms with van der Waals surface area (Å²) < 4.78 is 5.20. The zero-order valence-corrected chi connectivity index (χ0v) is 7.61. The van der Waals surface area contributed by atoms with E-state index in [4.69, 9.17) is 4.42 Å². The van der Waals surface area contributed by atoms with Crippen molar-refractivity contribution in [1.29, 1.82) is 0 Å². The van der Waals surface area contributed by atoms with E-state index in [2.05, 4.69) is 4.98 Å². The molecule has 1 aromatic carbocycles. The molecule has 0 aliphatic carbocycles. The quantitative estimate of drug-likeness (QED) is 0.688. The number of aryl methyl sites for hydroxylation is 1. The largest absolute Gasteiger partial charge is 0.550 e. The monoisotopic (exact) mass is 190 g/mol. The fourth-order valence-electron chi connectivity index (χ4n) is 1.28. The van der Waals surface area contributed by atoms with Crippen LogP contribution < -0.4 is 5.11 Å². The van der Waals surface area contributed by atoms with Gasteiger partial charge in [-0.05, 0) is 24.6 Å². The van der Waals surface area contributed by atoms with Crippen LogP contribution >= 0.6 is 0 Å². The van der Waals surface area contributed by atoms with E-state index in [0.29, 0.717) is 11.1 Å². The van der Waals surface area contributed by atoms with Gasteiger partial charge in [-0.3, -0.25) is 0 Å². The van der Waals surface area contributed by atoms with Gasteiger partial charge < -0.3 is 14.3 Å². The molecule has 0 fully saturated rings. The molecule has 0 aliphatic heterocycles. The van der Waals surface area contributed by atoms with Crippen molar-refractivity contribution in [3.63, 3.8) is 0 Å². The Hall–Kier alpha value is -1.84. The maximum Gasteiger partial charge on any atom is 0.201 e. The van der Waals surface area contributed by atoms with Crippen molar-refractivity contribution in [2.45, 2.75) is 13.3 Å². The number of benzene rings is 1. The predicted molar refractivity (Wildman–Crippen MR) is 47.5 cm³/mol. The molecule has 0 saturated carbocycles. The fraction of sp³-hybridized carbons (Fsp3) is 0.200. The van der Waals surface area contributed by atoms with Crippen LogP contribution in [0.3, 0.4) is 0 Å². The van der Waals surface area contributed by atoms with Gasteiger partial charge >= 0.3 is 0 Å². The summed E-state index contributed by atoms with van der Waals surface area (Å²) in [4.78, 5) is 14.3. The molecule has 0 bridgehead atoms. The van der Waals surface area contributed by atoms with Crippen molar-refractivity contribution >= 4 is 17.1 Å². The molecule has 0 radical (unpaired) electrons. The molecular formula is C10H8NO3-. The van der Waals surface area contributed by atoms with Gasteiger partial charge in [0.15, 0.2) is 5.58 Å². The highest BCUT2D eigenvalue weighted by Gasteiger charge is 2.05. The summed E-state index contributed by atoms with van der Waals surface area (Å²) in [6, 6.07) is 5.50. The lowest BCUT2D eigenvalue weighted by atomic mass is 10.2. The number of carboxylic acids is 1. The van der Waals surface area contributed by atoms with E-state index in [-0.39, 0.29) is 12.3 Å². The van der Waals surface area contributed by atoms with Gasteiger partial charge in [0, 0.05) is 0 Å². The second-order valence-corrected chi connectivity index (χ2v) is 3.13. The second kappa shape index (κ2) is 3.14. The molecule has 2 rings (SSSR count). The fourth-order valence-corrected chi connectivity index (χ4v) is 1.28. The van der Waals surface area contributed by atoms with Crippen molar-refractivity contribution in [1.82, 2.24) is 4.98 Å². The number of hydrogen-bond donors (Lipinski definition) is 0. The predicted octanol–water partition coefficient (Wildman–Crippen LogP) is 0.429. The molecule has 0 aliphatic rings. The normalized spacial score (nSPS) is 10.6. The van der Waals surface area contributed by atoms with E-state index in [1.165, 1.54) is 0 Å². The van der Waals surface area contributed by atoms with E-state index in [9.17, 15) is 9.90 Å². The number of nitrogens with zero attached hydrogens (tertiary/aromatic N) is 1. The number of carbonyl (C=O) groups is 1. The lowest BCUT2D eigenvalue weighted by Gasteiger charge is -1.93. The minimum atomic E-state index is -1.19. The van der Waals surface area contributed by atoms with E-state index in [1.54, 1.807) is 6.07 Å². The molecule has 4 heteroatoms. The summed E-state index contributed by atoms with van der Waals surface area (Å²) in [5.74, 6) is -1.00. The smallest absolute Gasteiger partial charge is 0.201 e. The Kier molecular flexibility index (Phi) is 1.96. The maximum absolute atomic E-state index is 10.3. The molecule has 0 atom stereocenters. The molecular weight excluding hydrogens is 182 g/mol. The van der Waals surface area contributed by atoms with Gasteiger partial charge in [-0.1, -0.05) is 6.07 Å². The minimum absolute atomic E-state index is 0.186. The van der Waals surface area contributed by atoms with E-state index in [0.717, 1.165) is 5.56 Å². The van der Waals surface area contributed by atoms with E-state index in [1.807, 2.05) is 19.1 Å². The third kappa shape index (κ3) is 1.59. The summed E-state index contributed by atoms with van der Waals surface area (Å²) in [5, 5.41) is 10.3. The number of hydrogen-bond acceptors (Lipinski definition) is 4. The summed E-state index contributed by atoms with van der Waals surface area (Å²) >= 11 is 0. The average Bonchev–Trinajstić information content (AvgIpc) is 2.44. The van der Waals surface area contributed by atoms with Gasteiger partial charge in [0.1, 0.15) is 5.52 Å². The lowest BCUT2D eigenvalue weighted by Crippen LogP contribution is -2.24. The van der Waals surface area contributed by atoms with Crippen molar-refractivity contribution < 1.29 is 14.3 Å². The Morgan fingerprint density at radius 3 is 3.07 bits per heavy atom. The highest BCUT2D eigenvalue weighted by molar-refractivity contribution is 5.74. The number of oxazole rings is 1. The number of rotatable bonds is 2. The molecule has 14 heavy (non-hydrogen) atoms. The summed E-state index contributed by atoms with van der Waals surface area (Å²) in [6.45, 7) is 1.94. The molecule has 0 spiro atoms. The van der Waals surface area contributed by atoms with Crippen molar-refractivity contribution in [2.24, 2.45) is 0 Å². The van der Waals surface area contributed by atoms with Gasteiger partial charge in [0.25, 0.3) is 0 Å². The molecule has 72 valence electrons. The van der Waals surface area contributed by atoms with Crippen LogP contribution in [0, 0.1) is 6.92 Å². The molecule has 4 nitrogen and oxygen atoms in total. The third-order valence-electron chi connectivity index (χ3n) is 1.88. The van der Waals surface area contributed by atoms with Gasteiger partial charge in [-0.2, -0.15) is 0 Å². The third-order valence-corrected chi connectivity index (χ3v) is 1.88. The van der Waals surface area contributed by atoms with Crippen molar-refractivity contribution in [3.8, 4) is 0 Å². The first-order chi connectivity index (χ1) is 6.65. The number of fused-ring (bicyclic) bond motifs is 1. The number of aliphatic carboxylic acids is 1. The highest BCUT2D eigenvalue weighted by atomic mass is 16.4. The lowest BCUT2D eigenvalue weighted by molar-refractivity contribution is -0.305. The van der Waals surface area contributed by atoms with Crippen LogP contribution in [0.4, 0.5) is 0 Å². The molecule has 0 saturated heterocycles. The summed E-state index contributed by atoms with van der Waals surface area (Å²) in [5.41, 5.74) is 2.35. The number of carboxylic acid groups (broad SMARTS) is 1. The van der Waals surface area contributed by atoms with E-state index < -0.39 is 5.97 Å². The SMILES string of the molecule is Cc1ccc2oc(CC(=O)[O-])nc2c1. The van der Waals surface area contributed by atoms with Gasteiger partial charge in [0.2, 0.25) is 5.89 Å². The van der Waals surface area contributed by atoms with Crippen molar-refractivity contribution in [2.75, 3.05) is 0 Å². The first-order valence-electron chi connectivity index (χ1n) is 4.21. The van der Waals surface area contributed by atoms with Crippen LogP contribution in [0.25, 0.3) is 11.1 Å². The average molecular weight is 190 g/mol. The minimum Gasteiger partial charge on any atom is -0.550 e. The van der Waals surface area contributed by atoms with Crippen LogP contribution in [0.5, 0.6) is 0 Å². The van der Waals surface area contributed by atoms with Crippen molar-refractivity contribution in [3.05, 3.63) is 29.7 Å². The summed E-state index contributed by atoms with van der Waals surface area (Å²) in [7, 11) is 0. The Bertz CT molecular complexity index is 487. The molecule has 1 aromatic heterocycles. The zero-order chi connectivity index (χ0) is 10.1. The molecule has 2 aromatic rings. The Labute approximate surface area is 80.2 Å². The molecule has 0 amide bonds. The second-order valence-electron chi connectivity index (χ2n) is 3.13. The molecule has 0 unspecified atom stereocenters.